The van der Waals surface area contributed by atoms with Gasteiger partial charge in [0.05, 0.1) is 0 Å². The maximum absolute atomic E-state index is 11.7. The zero-order valence-electron chi connectivity index (χ0n) is 9.01. The predicted molar refractivity (Wildman–Crippen MR) is 62.5 cm³/mol. The topological polar surface area (TPSA) is 20.3 Å². The molecule has 1 aliphatic heterocycles. The van der Waals surface area contributed by atoms with E-state index in [4.69, 9.17) is 11.6 Å². The van der Waals surface area contributed by atoms with Crippen LogP contribution in [0.2, 0.25) is 5.02 Å². The van der Waals surface area contributed by atoms with E-state index in [1.165, 1.54) is 0 Å². The van der Waals surface area contributed by atoms with Crippen LogP contribution in [0.25, 0.3) is 0 Å². The minimum absolute atomic E-state index is 0.225. The lowest BCUT2D eigenvalue weighted by molar-refractivity contribution is -0.117. The molecule has 0 saturated carbocycles. The molecule has 0 bridgehead atoms. The summed E-state index contributed by atoms with van der Waals surface area (Å²) in [6.07, 6.45) is 1.63. The summed E-state index contributed by atoms with van der Waals surface area (Å²) in [5.74, 6) is 0.225. The molecule has 0 N–H and O–H groups in total. The van der Waals surface area contributed by atoms with E-state index in [-0.39, 0.29) is 5.91 Å². The van der Waals surface area contributed by atoms with Gasteiger partial charge in [0.2, 0.25) is 5.91 Å². The Morgan fingerprint density at radius 2 is 1.87 bits per heavy atom. The molecule has 0 radical (unpaired) electrons. The van der Waals surface area contributed by atoms with E-state index in [1.807, 2.05) is 30.9 Å². The molecule has 2 nitrogen and oxygen atoms in total. The van der Waals surface area contributed by atoms with Crippen molar-refractivity contribution in [2.24, 2.45) is 0 Å². The SMILES string of the molecule is Cc1cc(Cl)cc(C)c1N1CCCC1=O. The van der Waals surface area contributed by atoms with Crippen LogP contribution < -0.4 is 4.90 Å². The second kappa shape index (κ2) is 3.86. The number of carbonyl (C=O) groups is 1. The Morgan fingerprint density at radius 3 is 2.33 bits per heavy atom. The minimum atomic E-state index is 0.225. The molecule has 1 aromatic rings. The van der Waals surface area contributed by atoms with Gasteiger partial charge >= 0.3 is 0 Å². The average Bonchev–Trinajstić information content (AvgIpc) is 2.50. The lowest BCUT2D eigenvalue weighted by Gasteiger charge is -2.21. The van der Waals surface area contributed by atoms with Crippen LogP contribution in [0.15, 0.2) is 12.1 Å². The molecule has 0 spiro atoms. The highest BCUT2D eigenvalue weighted by Crippen LogP contribution is 2.31. The first kappa shape index (κ1) is 10.5. The largest absolute Gasteiger partial charge is 0.312 e. The molecule has 80 valence electrons. The number of hydrogen-bond donors (Lipinski definition) is 0. The number of halogens is 1. The number of benzene rings is 1. The maximum atomic E-state index is 11.7. The summed E-state index contributed by atoms with van der Waals surface area (Å²) in [5, 5.41) is 0.736. The highest BCUT2D eigenvalue weighted by Gasteiger charge is 2.24. The van der Waals surface area contributed by atoms with Crippen molar-refractivity contribution in [3.8, 4) is 0 Å². The third-order valence-electron chi connectivity index (χ3n) is 2.80. The fourth-order valence-electron chi connectivity index (χ4n) is 2.21. The van der Waals surface area contributed by atoms with Gasteiger partial charge in [0.1, 0.15) is 0 Å². The zero-order chi connectivity index (χ0) is 11.0. The van der Waals surface area contributed by atoms with Gasteiger partial charge in [-0.3, -0.25) is 4.79 Å². The standard InChI is InChI=1S/C12H14ClNO/c1-8-6-10(13)7-9(2)12(8)14-5-3-4-11(14)15/h6-7H,3-5H2,1-2H3. The first-order valence-corrected chi connectivity index (χ1v) is 5.54. The third kappa shape index (κ3) is 1.86. The van der Waals surface area contributed by atoms with Crippen molar-refractivity contribution in [3.63, 3.8) is 0 Å². The first-order valence-electron chi connectivity index (χ1n) is 5.16. The molecule has 1 aliphatic rings. The summed E-state index contributed by atoms with van der Waals surface area (Å²) in [4.78, 5) is 13.5. The molecule has 1 amide bonds. The summed E-state index contributed by atoms with van der Waals surface area (Å²) in [5.41, 5.74) is 3.20. The fraction of sp³-hybridized carbons (Fsp3) is 0.417. The van der Waals surface area contributed by atoms with Crippen molar-refractivity contribution in [2.75, 3.05) is 11.4 Å². The van der Waals surface area contributed by atoms with Crippen molar-refractivity contribution in [1.29, 1.82) is 0 Å². The lowest BCUT2D eigenvalue weighted by atomic mass is 10.1. The number of amides is 1. The Balaban J connectivity index is 2.47. The van der Waals surface area contributed by atoms with Gasteiger partial charge in [-0.25, -0.2) is 0 Å². The number of hydrogen-bond acceptors (Lipinski definition) is 1. The Hall–Kier alpha value is -1.02. The zero-order valence-corrected chi connectivity index (χ0v) is 9.77. The minimum Gasteiger partial charge on any atom is -0.312 e. The van der Waals surface area contributed by atoms with Gasteiger partial charge in [0.25, 0.3) is 0 Å². The molecule has 15 heavy (non-hydrogen) atoms. The van der Waals surface area contributed by atoms with Crippen LogP contribution in [0.1, 0.15) is 24.0 Å². The van der Waals surface area contributed by atoms with Gasteiger partial charge in [0.15, 0.2) is 0 Å². The molecule has 2 rings (SSSR count). The van der Waals surface area contributed by atoms with Crippen LogP contribution in [-0.4, -0.2) is 12.5 Å². The molecular formula is C12H14ClNO. The molecule has 0 aromatic heterocycles. The van der Waals surface area contributed by atoms with E-state index in [0.29, 0.717) is 6.42 Å². The second-order valence-corrected chi connectivity index (χ2v) is 4.47. The Bertz CT molecular complexity index is 391. The van der Waals surface area contributed by atoms with Crippen LogP contribution in [0.3, 0.4) is 0 Å². The molecule has 1 fully saturated rings. The highest BCUT2D eigenvalue weighted by atomic mass is 35.5. The summed E-state index contributed by atoms with van der Waals surface area (Å²) in [7, 11) is 0. The van der Waals surface area contributed by atoms with E-state index >= 15 is 0 Å². The summed E-state index contributed by atoms with van der Waals surface area (Å²) in [6, 6.07) is 3.82. The molecule has 3 heteroatoms. The van der Waals surface area contributed by atoms with Crippen molar-refractivity contribution >= 4 is 23.2 Å². The van der Waals surface area contributed by atoms with Crippen LogP contribution in [0.5, 0.6) is 0 Å². The summed E-state index contributed by atoms with van der Waals surface area (Å²) in [6.45, 7) is 4.84. The Labute approximate surface area is 94.8 Å². The van der Waals surface area contributed by atoms with Crippen molar-refractivity contribution < 1.29 is 4.79 Å². The lowest BCUT2D eigenvalue weighted by Crippen LogP contribution is -2.25. The van der Waals surface area contributed by atoms with Crippen LogP contribution >= 0.6 is 11.6 Å². The number of anilines is 1. The highest BCUT2D eigenvalue weighted by molar-refractivity contribution is 6.30. The van der Waals surface area contributed by atoms with E-state index in [0.717, 1.165) is 34.8 Å². The Morgan fingerprint density at radius 1 is 1.27 bits per heavy atom. The van der Waals surface area contributed by atoms with E-state index in [9.17, 15) is 4.79 Å². The van der Waals surface area contributed by atoms with E-state index in [2.05, 4.69) is 0 Å². The molecular weight excluding hydrogens is 210 g/mol. The van der Waals surface area contributed by atoms with Gasteiger partial charge in [-0.05, 0) is 43.5 Å². The van der Waals surface area contributed by atoms with Crippen LogP contribution in [-0.2, 0) is 4.79 Å². The monoisotopic (exact) mass is 223 g/mol. The number of aryl methyl sites for hydroxylation is 2. The molecule has 1 heterocycles. The van der Waals surface area contributed by atoms with Gasteiger partial charge in [-0.15, -0.1) is 0 Å². The smallest absolute Gasteiger partial charge is 0.227 e. The predicted octanol–water partition coefficient (Wildman–Crippen LogP) is 3.08. The normalized spacial score (nSPS) is 16.2. The third-order valence-corrected chi connectivity index (χ3v) is 3.02. The van der Waals surface area contributed by atoms with Crippen LogP contribution in [0, 0.1) is 13.8 Å². The number of carbonyl (C=O) groups excluding carboxylic acids is 1. The number of rotatable bonds is 1. The molecule has 0 unspecified atom stereocenters. The van der Waals surface area contributed by atoms with E-state index < -0.39 is 0 Å². The summed E-state index contributed by atoms with van der Waals surface area (Å²) < 4.78 is 0. The van der Waals surface area contributed by atoms with Gasteiger partial charge in [0, 0.05) is 23.7 Å². The van der Waals surface area contributed by atoms with Gasteiger partial charge in [-0.2, -0.15) is 0 Å². The molecule has 1 aromatic carbocycles. The fourth-order valence-corrected chi connectivity index (χ4v) is 2.54. The van der Waals surface area contributed by atoms with Crippen LogP contribution in [0.4, 0.5) is 5.69 Å². The molecule has 0 atom stereocenters. The summed E-state index contributed by atoms with van der Waals surface area (Å²) >= 11 is 5.96. The number of nitrogens with zero attached hydrogens (tertiary/aromatic N) is 1. The van der Waals surface area contributed by atoms with Gasteiger partial charge < -0.3 is 4.90 Å². The molecule has 1 saturated heterocycles. The first-order chi connectivity index (χ1) is 7.09. The van der Waals surface area contributed by atoms with Crippen molar-refractivity contribution in [2.45, 2.75) is 26.7 Å². The second-order valence-electron chi connectivity index (χ2n) is 4.04. The maximum Gasteiger partial charge on any atom is 0.227 e. The van der Waals surface area contributed by atoms with Crippen molar-refractivity contribution in [1.82, 2.24) is 0 Å². The Kier molecular flexibility index (Phi) is 2.70. The van der Waals surface area contributed by atoms with Crippen molar-refractivity contribution in [3.05, 3.63) is 28.3 Å². The van der Waals surface area contributed by atoms with E-state index in [1.54, 1.807) is 0 Å². The molecule has 0 aliphatic carbocycles. The average molecular weight is 224 g/mol. The van der Waals surface area contributed by atoms with Gasteiger partial charge in [-0.1, -0.05) is 11.6 Å². The quantitative estimate of drug-likeness (QED) is 0.717.